The van der Waals surface area contributed by atoms with Gasteiger partial charge in [0.15, 0.2) is 5.82 Å². The average Bonchev–Trinajstić information content (AvgIpc) is 2.41. The number of allylic oxidation sites excluding steroid dienone is 1. The Morgan fingerprint density at radius 3 is 2.39 bits per heavy atom. The maximum Gasteiger partial charge on any atom is 0.159 e. The predicted molar refractivity (Wildman–Crippen MR) is 75.6 cm³/mol. The maximum absolute atomic E-state index is 5.85. The summed E-state index contributed by atoms with van der Waals surface area (Å²) in [6.07, 6.45) is 8.82. The summed E-state index contributed by atoms with van der Waals surface area (Å²) in [5, 5.41) is 0.722. The zero-order valence-corrected chi connectivity index (χ0v) is 10.9. The van der Waals surface area contributed by atoms with Gasteiger partial charge in [0.1, 0.15) is 0 Å². The highest BCUT2D eigenvalue weighted by Crippen LogP contribution is 2.17. The summed E-state index contributed by atoms with van der Waals surface area (Å²) in [4.78, 5) is 8.75. The second-order valence-electron chi connectivity index (χ2n) is 4.10. The standard InChI is InChI=1S/C15H15ClN2/c1-2-3-4-5-12-10-17-15(18-11-12)13-6-8-14(16)9-7-13/h2,6-11H,1,3-5H2. The molecule has 0 bridgehead atoms. The van der Waals surface area contributed by atoms with Gasteiger partial charge in [-0.1, -0.05) is 17.7 Å². The Morgan fingerprint density at radius 2 is 1.78 bits per heavy atom. The van der Waals surface area contributed by atoms with Crippen LogP contribution < -0.4 is 0 Å². The fourth-order valence-electron chi connectivity index (χ4n) is 1.68. The largest absolute Gasteiger partial charge is 0.236 e. The van der Waals surface area contributed by atoms with Crippen molar-refractivity contribution in [1.82, 2.24) is 9.97 Å². The van der Waals surface area contributed by atoms with Gasteiger partial charge in [0.2, 0.25) is 0 Å². The highest BCUT2D eigenvalue weighted by molar-refractivity contribution is 6.30. The lowest BCUT2D eigenvalue weighted by Gasteiger charge is -2.02. The zero-order valence-electron chi connectivity index (χ0n) is 10.1. The lowest BCUT2D eigenvalue weighted by molar-refractivity contribution is 0.833. The molecule has 3 heteroatoms. The molecule has 92 valence electrons. The first-order valence-corrected chi connectivity index (χ1v) is 6.35. The number of aryl methyl sites for hydroxylation is 1. The van der Waals surface area contributed by atoms with Gasteiger partial charge in [0, 0.05) is 23.0 Å². The first kappa shape index (κ1) is 12.8. The van der Waals surface area contributed by atoms with Crippen LogP contribution in [-0.2, 0) is 6.42 Å². The third kappa shape index (κ3) is 3.41. The lowest BCUT2D eigenvalue weighted by atomic mass is 10.1. The van der Waals surface area contributed by atoms with E-state index in [0.717, 1.165) is 41.2 Å². The molecule has 0 N–H and O–H groups in total. The number of halogens is 1. The van der Waals surface area contributed by atoms with Gasteiger partial charge in [-0.15, -0.1) is 6.58 Å². The summed E-state index contributed by atoms with van der Waals surface area (Å²) in [5.41, 5.74) is 2.15. The number of benzene rings is 1. The van der Waals surface area contributed by atoms with Crippen molar-refractivity contribution in [2.75, 3.05) is 0 Å². The zero-order chi connectivity index (χ0) is 12.8. The van der Waals surface area contributed by atoms with Gasteiger partial charge in [-0.3, -0.25) is 0 Å². The van der Waals surface area contributed by atoms with Crippen LogP contribution >= 0.6 is 11.6 Å². The summed E-state index contributed by atoms with van der Waals surface area (Å²) >= 11 is 5.85. The van der Waals surface area contributed by atoms with Crippen molar-refractivity contribution in [2.45, 2.75) is 19.3 Å². The number of aromatic nitrogens is 2. The summed E-state index contributed by atoms with van der Waals surface area (Å²) in [7, 11) is 0. The molecule has 0 atom stereocenters. The minimum Gasteiger partial charge on any atom is -0.236 e. The van der Waals surface area contributed by atoms with E-state index in [1.54, 1.807) is 0 Å². The molecule has 0 unspecified atom stereocenters. The van der Waals surface area contributed by atoms with E-state index in [9.17, 15) is 0 Å². The molecule has 0 saturated heterocycles. The van der Waals surface area contributed by atoms with Gasteiger partial charge >= 0.3 is 0 Å². The van der Waals surface area contributed by atoms with Crippen molar-refractivity contribution in [3.63, 3.8) is 0 Å². The molecule has 0 spiro atoms. The molecular formula is C15H15ClN2. The minimum atomic E-state index is 0.722. The van der Waals surface area contributed by atoms with Gasteiger partial charge in [0.25, 0.3) is 0 Å². The van der Waals surface area contributed by atoms with Crippen LogP contribution in [0.3, 0.4) is 0 Å². The average molecular weight is 259 g/mol. The second-order valence-corrected chi connectivity index (χ2v) is 4.54. The van der Waals surface area contributed by atoms with E-state index >= 15 is 0 Å². The Hall–Kier alpha value is -1.67. The van der Waals surface area contributed by atoms with Crippen LogP contribution in [0.15, 0.2) is 49.3 Å². The highest BCUT2D eigenvalue weighted by atomic mass is 35.5. The van der Waals surface area contributed by atoms with Crippen molar-refractivity contribution >= 4 is 11.6 Å². The molecule has 1 aromatic carbocycles. The van der Waals surface area contributed by atoms with Crippen LogP contribution in [-0.4, -0.2) is 9.97 Å². The summed E-state index contributed by atoms with van der Waals surface area (Å²) in [6.45, 7) is 3.71. The number of hydrogen-bond donors (Lipinski definition) is 0. The van der Waals surface area contributed by atoms with Crippen LogP contribution in [0.4, 0.5) is 0 Å². The van der Waals surface area contributed by atoms with Crippen LogP contribution in [0.2, 0.25) is 5.02 Å². The Labute approximate surface area is 112 Å². The third-order valence-corrected chi connectivity index (χ3v) is 2.93. The van der Waals surface area contributed by atoms with E-state index in [2.05, 4.69) is 16.5 Å². The van der Waals surface area contributed by atoms with Crippen LogP contribution in [0.25, 0.3) is 11.4 Å². The molecule has 0 aliphatic carbocycles. The van der Waals surface area contributed by atoms with E-state index in [1.807, 2.05) is 42.7 Å². The summed E-state index contributed by atoms with van der Waals surface area (Å²) in [5.74, 6) is 0.735. The topological polar surface area (TPSA) is 25.8 Å². The maximum atomic E-state index is 5.85. The minimum absolute atomic E-state index is 0.722. The molecule has 18 heavy (non-hydrogen) atoms. The van der Waals surface area contributed by atoms with Crippen LogP contribution in [0, 0.1) is 0 Å². The van der Waals surface area contributed by atoms with E-state index in [4.69, 9.17) is 11.6 Å². The van der Waals surface area contributed by atoms with Gasteiger partial charge < -0.3 is 0 Å². The normalized spacial score (nSPS) is 10.3. The number of nitrogens with zero attached hydrogens (tertiary/aromatic N) is 2. The van der Waals surface area contributed by atoms with E-state index in [-0.39, 0.29) is 0 Å². The molecule has 0 aliphatic heterocycles. The number of unbranched alkanes of at least 4 members (excludes halogenated alkanes) is 1. The molecule has 1 aromatic heterocycles. The molecule has 2 aromatic rings. The summed E-state index contributed by atoms with van der Waals surface area (Å²) in [6, 6.07) is 7.54. The van der Waals surface area contributed by atoms with Gasteiger partial charge in [0.05, 0.1) is 0 Å². The van der Waals surface area contributed by atoms with Crippen molar-refractivity contribution < 1.29 is 0 Å². The Kier molecular flexibility index (Phi) is 4.48. The van der Waals surface area contributed by atoms with Crippen LogP contribution in [0.5, 0.6) is 0 Å². The number of rotatable bonds is 5. The van der Waals surface area contributed by atoms with Gasteiger partial charge in [-0.2, -0.15) is 0 Å². The first-order valence-electron chi connectivity index (χ1n) is 5.97. The lowest BCUT2D eigenvalue weighted by Crippen LogP contribution is -1.92. The molecule has 0 radical (unpaired) electrons. The van der Waals surface area contributed by atoms with Crippen molar-refractivity contribution in [3.05, 3.63) is 59.9 Å². The Balaban J connectivity index is 2.07. The molecule has 0 fully saturated rings. The molecule has 2 nitrogen and oxygen atoms in total. The monoisotopic (exact) mass is 258 g/mol. The van der Waals surface area contributed by atoms with Crippen molar-refractivity contribution in [2.24, 2.45) is 0 Å². The SMILES string of the molecule is C=CCCCc1cnc(-c2ccc(Cl)cc2)nc1. The Morgan fingerprint density at radius 1 is 1.11 bits per heavy atom. The van der Waals surface area contributed by atoms with E-state index in [1.165, 1.54) is 0 Å². The molecule has 1 heterocycles. The molecule has 0 saturated carbocycles. The molecule has 0 aliphatic rings. The number of hydrogen-bond acceptors (Lipinski definition) is 2. The van der Waals surface area contributed by atoms with Crippen molar-refractivity contribution in [1.29, 1.82) is 0 Å². The quantitative estimate of drug-likeness (QED) is 0.590. The molecular weight excluding hydrogens is 244 g/mol. The fourth-order valence-corrected chi connectivity index (χ4v) is 1.81. The van der Waals surface area contributed by atoms with Gasteiger partial charge in [-0.25, -0.2) is 9.97 Å². The molecule has 2 rings (SSSR count). The summed E-state index contributed by atoms with van der Waals surface area (Å²) < 4.78 is 0. The molecule has 0 amide bonds. The Bertz CT molecular complexity index is 503. The highest BCUT2D eigenvalue weighted by Gasteiger charge is 2.01. The second kappa shape index (κ2) is 6.31. The smallest absolute Gasteiger partial charge is 0.159 e. The van der Waals surface area contributed by atoms with Crippen molar-refractivity contribution in [3.8, 4) is 11.4 Å². The van der Waals surface area contributed by atoms with E-state index in [0.29, 0.717) is 0 Å². The van der Waals surface area contributed by atoms with Crippen LogP contribution in [0.1, 0.15) is 18.4 Å². The third-order valence-electron chi connectivity index (χ3n) is 2.68. The fraction of sp³-hybridized carbons (Fsp3) is 0.200. The first-order chi connectivity index (χ1) is 8.79. The predicted octanol–water partition coefficient (Wildman–Crippen LogP) is 4.31. The van der Waals surface area contributed by atoms with Gasteiger partial charge in [-0.05, 0) is 49.1 Å². The van der Waals surface area contributed by atoms with E-state index < -0.39 is 0 Å².